The Labute approximate surface area is 155 Å². The van der Waals surface area contributed by atoms with Crippen LogP contribution in [0.15, 0.2) is 53.5 Å². The molecular weight excluding hydrogens is 346 g/mol. The second-order valence-electron chi connectivity index (χ2n) is 6.51. The highest BCUT2D eigenvalue weighted by atomic mass is 16.5. The number of pyridine rings is 1. The van der Waals surface area contributed by atoms with E-state index >= 15 is 0 Å². The van der Waals surface area contributed by atoms with E-state index in [0.717, 1.165) is 12.8 Å². The number of fused-ring (bicyclic) bond motifs is 1. The molecule has 0 spiro atoms. The third-order valence-corrected chi connectivity index (χ3v) is 4.77. The highest BCUT2D eigenvalue weighted by Crippen LogP contribution is 2.21. The van der Waals surface area contributed by atoms with E-state index in [1.165, 1.54) is 6.20 Å². The molecule has 0 radical (unpaired) electrons. The Bertz CT molecular complexity index is 1030. The van der Waals surface area contributed by atoms with E-state index in [1.807, 2.05) is 35.2 Å². The van der Waals surface area contributed by atoms with Gasteiger partial charge in [-0.05, 0) is 37.1 Å². The second-order valence-corrected chi connectivity index (χ2v) is 6.51. The van der Waals surface area contributed by atoms with E-state index in [1.54, 1.807) is 12.1 Å². The zero-order chi connectivity index (χ0) is 18.8. The van der Waals surface area contributed by atoms with Crippen molar-refractivity contribution in [1.82, 2.24) is 19.6 Å². The molecule has 0 unspecified atom stereocenters. The number of anilines is 1. The summed E-state index contributed by atoms with van der Waals surface area (Å²) in [6.07, 6.45) is 2.99. The van der Waals surface area contributed by atoms with Crippen LogP contribution in [0.4, 0.5) is 5.82 Å². The van der Waals surface area contributed by atoms with Crippen LogP contribution in [-0.2, 0) is 0 Å². The zero-order valence-corrected chi connectivity index (χ0v) is 14.6. The Hall–Kier alpha value is -3.42. The Morgan fingerprint density at radius 3 is 2.59 bits per heavy atom. The van der Waals surface area contributed by atoms with Gasteiger partial charge in [0.05, 0.1) is 5.39 Å². The third kappa shape index (κ3) is 3.33. The number of aromatic nitrogens is 3. The van der Waals surface area contributed by atoms with Crippen LogP contribution in [0, 0.1) is 0 Å². The molecule has 0 saturated carbocycles. The lowest BCUT2D eigenvalue weighted by atomic mass is 10.0. The van der Waals surface area contributed by atoms with Gasteiger partial charge in [0, 0.05) is 30.9 Å². The molecule has 1 aromatic carbocycles. The SMILES string of the molecule is O=C(c1ccccc1)N1CCC(Nc2nc(=O)n(O)c3ncccc23)CC1. The fourth-order valence-corrected chi connectivity index (χ4v) is 3.34. The van der Waals surface area contributed by atoms with Crippen molar-refractivity contribution in [2.45, 2.75) is 18.9 Å². The molecule has 0 bridgehead atoms. The summed E-state index contributed by atoms with van der Waals surface area (Å²) in [6, 6.07) is 12.8. The van der Waals surface area contributed by atoms with Crippen molar-refractivity contribution in [3.05, 3.63) is 64.7 Å². The number of hydrogen-bond acceptors (Lipinski definition) is 6. The predicted octanol–water partition coefficient (Wildman–Crippen LogP) is 1.75. The summed E-state index contributed by atoms with van der Waals surface area (Å²) in [5.74, 6) is 0.436. The van der Waals surface area contributed by atoms with Gasteiger partial charge in [-0.25, -0.2) is 9.78 Å². The third-order valence-electron chi connectivity index (χ3n) is 4.77. The van der Waals surface area contributed by atoms with Gasteiger partial charge < -0.3 is 15.4 Å². The number of nitrogens with zero attached hydrogens (tertiary/aromatic N) is 4. The van der Waals surface area contributed by atoms with Gasteiger partial charge in [0.1, 0.15) is 5.82 Å². The monoisotopic (exact) mass is 365 g/mol. The normalized spacial score (nSPS) is 15.0. The Morgan fingerprint density at radius 1 is 1.11 bits per heavy atom. The zero-order valence-electron chi connectivity index (χ0n) is 14.6. The molecule has 8 nitrogen and oxygen atoms in total. The van der Waals surface area contributed by atoms with Crippen LogP contribution < -0.4 is 11.0 Å². The van der Waals surface area contributed by atoms with E-state index in [9.17, 15) is 14.8 Å². The first-order valence-corrected chi connectivity index (χ1v) is 8.81. The molecule has 1 fully saturated rings. The number of amides is 1. The lowest BCUT2D eigenvalue weighted by molar-refractivity contribution is 0.0718. The molecule has 1 saturated heterocycles. The highest BCUT2D eigenvalue weighted by molar-refractivity contribution is 5.94. The van der Waals surface area contributed by atoms with Crippen LogP contribution in [0.1, 0.15) is 23.2 Å². The molecule has 1 amide bonds. The van der Waals surface area contributed by atoms with Crippen molar-refractivity contribution in [2.75, 3.05) is 18.4 Å². The average molecular weight is 365 g/mol. The van der Waals surface area contributed by atoms with E-state index in [4.69, 9.17) is 0 Å². The summed E-state index contributed by atoms with van der Waals surface area (Å²) < 4.78 is 0.446. The number of hydrogen-bond donors (Lipinski definition) is 2. The van der Waals surface area contributed by atoms with Gasteiger partial charge in [-0.3, -0.25) is 4.79 Å². The molecule has 3 aromatic rings. The molecule has 1 aliphatic rings. The molecule has 3 heterocycles. The predicted molar refractivity (Wildman–Crippen MR) is 100.0 cm³/mol. The number of carbonyl (C=O) groups excluding carboxylic acids is 1. The van der Waals surface area contributed by atoms with E-state index < -0.39 is 5.69 Å². The molecule has 0 aliphatic carbocycles. The van der Waals surface area contributed by atoms with Crippen LogP contribution in [-0.4, -0.2) is 49.8 Å². The summed E-state index contributed by atoms with van der Waals surface area (Å²) in [6.45, 7) is 1.25. The van der Waals surface area contributed by atoms with Gasteiger partial charge >= 0.3 is 5.69 Å². The van der Waals surface area contributed by atoms with Gasteiger partial charge in [-0.2, -0.15) is 4.98 Å². The first kappa shape index (κ1) is 17.0. The highest BCUT2D eigenvalue weighted by Gasteiger charge is 2.24. The molecule has 0 atom stereocenters. The van der Waals surface area contributed by atoms with E-state index in [2.05, 4.69) is 15.3 Å². The first-order valence-electron chi connectivity index (χ1n) is 8.81. The number of piperidine rings is 1. The number of likely N-dealkylation sites (tertiary alicyclic amines) is 1. The maximum atomic E-state index is 12.5. The number of benzene rings is 1. The van der Waals surface area contributed by atoms with Gasteiger partial charge in [-0.15, -0.1) is 4.73 Å². The Balaban J connectivity index is 1.47. The van der Waals surface area contributed by atoms with E-state index in [-0.39, 0.29) is 17.6 Å². The Morgan fingerprint density at radius 2 is 1.85 bits per heavy atom. The molecule has 138 valence electrons. The van der Waals surface area contributed by atoms with Crippen molar-refractivity contribution in [2.24, 2.45) is 0 Å². The van der Waals surface area contributed by atoms with Crippen LogP contribution >= 0.6 is 0 Å². The first-order chi connectivity index (χ1) is 13.1. The minimum Gasteiger partial charge on any atom is -0.422 e. The summed E-state index contributed by atoms with van der Waals surface area (Å²) in [5, 5.41) is 13.6. The van der Waals surface area contributed by atoms with Crippen molar-refractivity contribution < 1.29 is 10.0 Å². The largest absolute Gasteiger partial charge is 0.422 e. The lowest BCUT2D eigenvalue weighted by Crippen LogP contribution is -2.42. The number of rotatable bonds is 3. The second kappa shape index (κ2) is 7.06. The van der Waals surface area contributed by atoms with Crippen LogP contribution in [0.25, 0.3) is 11.0 Å². The number of carbonyl (C=O) groups is 1. The molecule has 8 heteroatoms. The number of nitrogens with one attached hydrogen (secondary N) is 1. The summed E-state index contributed by atoms with van der Waals surface area (Å²) >= 11 is 0. The van der Waals surface area contributed by atoms with Crippen LogP contribution in [0.2, 0.25) is 0 Å². The average Bonchev–Trinajstić information content (AvgIpc) is 2.72. The fraction of sp³-hybridized carbons (Fsp3) is 0.263. The summed E-state index contributed by atoms with van der Waals surface area (Å²) in [5.41, 5.74) is 0.0753. The maximum absolute atomic E-state index is 12.5. The quantitative estimate of drug-likeness (QED) is 0.686. The lowest BCUT2D eigenvalue weighted by Gasteiger charge is -2.32. The maximum Gasteiger partial charge on any atom is 0.384 e. The molecular formula is C19H19N5O3. The Kier molecular flexibility index (Phi) is 4.45. The van der Waals surface area contributed by atoms with E-state index in [0.29, 0.717) is 34.6 Å². The van der Waals surface area contributed by atoms with Gasteiger partial charge in [-0.1, -0.05) is 18.2 Å². The van der Waals surface area contributed by atoms with Gasteiger partial charge in [0.2, 0.25) is 0 Å². The molecule has 2 N–H and O–H groups in total. The topological polar surface area (TPSA) is 100 Å². The minimum atomic E-state index is -0.777. The summed E-state index contributed by atoms with van der Waals surface area (Å²) in [7, 11) is 0. The molecule has 4 rings (SSSR count). The standard InChI is InChI=1S/C19H19N5O3/c25-18(13-5-2-1-3-6-13)23-11-8-14(9-12-23)21-16-15-7-4-10-20-17(15)24(27)19(26)22-16/h1-7,10,14,27H,8-9,11-12H2,(H,21,22,26). The molecule has 2 aromatic heterocycles. The van der Waals surface area contributed by atoms with Gasteiger partial charge in [0.25, 0.3) is 5.91 Å². The van der Waals surface area contributed by atoms with Gasteiger partial charge in [0.15, 0.2) is 5.65 Å². The van der Waals surface area contributed by atoms with Crippen molar-refractivity contribution >= 4 is 22.8 Å². The minimum absolute atomic E-state index is 0.0321. The van der Waals surface area contributed by atoms with Crippen molar-refractivity contribution in [1.29, 1.82) is 0 Å². The van der Waals surface area contributed by atoms with Crippen molar-refractivity contribution in [3.63, 3.8) is 0 Å². The summed E-state index contributed by atoms with van der Waals surface area (Å²) in [4.78, 5) is 34.2. The van der Waals surface area contributed by atoms with Crippen molar-refractivity contribution in [3.8, 4) is 0 Å². The van der Waals surface area contributed by atoms with Crippen LogP contribution in [0.3, 0.4) is 0 Å². The van der Waals surface area contributed by atoms with Crippen LogP contribution in [0.5, 0.6) is 0 Å². The smallest absolute Gasteiger partial charge is 0.384 e. The molecule has 1 aliphatic heterocycles. The fourth-order valence-electron chi connectivity index (χ4n) is 3.34. The molecule has 27 heavy (non-hydrogen) atoms.